The van der Waals surface area contributed by atoms with E-state index >= 15 is 0 Å². The summed E-state index contributed by atoms with van der Waals surface area (Å²) >= 11 is 3.91. The van der Waals surface area contributed by atoms with Gasteiger partial charge >= 0.3 is 0 Å². The van der Waals surface area contributed by atoms with E-state index in [1.54, 1.807) is 5.75 Å². The molecule has 0 fully saturated rings. The maximum atomic E-state index is 5.50. The van der Waals surface area contributed by atoms with E-state index in [4.69, 9.17) is 5.73 Å². The Bertz CT molecular complexity index is 56.4. The Hall–Kier alpha value is 0.270. The fourth-order valence-electron chi connectivity index (χ4n) is 0.469. The standard InChI is InChI=1S/C5H13N2S/c1-7(2)3-5(6)4-8/h4-5,8H,3,6H2,1-2H3. The smallest absolute Gasteiger partial charge is 0.0313 e. The van der Waals surface area contributed by atoms with Crippen molar-refractivity contribution >= 4 is 12.6 Å². The maximum absolute atomic E-state index is 5.50. The van der Waals surface area contributed by atoms with E-state index in [0.717, 1.165) is 6.54 Å². The van der Waals surface area contributed by atoms with Crippen LogP contribution in [0.15, 0.2) is 0 Å². The molecule has 0 amide bonds. The van der Waals surface area contributed by atoms with E-state index in [1.807, 2.05) is 19.0 Å². The molecule has 0 aromatic carbocycles. The highest BCUT2D eigenvalue weighted by Gasteiger charge is 1.98. The predicted octanol–water partition coefficient (Wildman–Crippen LogP) is -0.0331. The minimum absolute atomic E-state index is 0.0910. The molecule has 2 N–H and O–H groups in total. The lowest BCUT2D eigenvalue weighted by Crippen LogP contribution is -2.32. The maximum Gasteiger partial charge on any atom is 0.0313 e. The fraction of sp³-hybridized carbons (Fsp3) is 0.800. The van der Waals surface area contributed by atoms with Crippen molar-refractivity contribution in [3.8, 4) is 0 Å². The summed E-state index contributed by atoms with van der Waals surface area (Å²) in [5, 5.41) is 0. The summed E-state index contributed by atoms with van der Waals surface area (Å²) in [7, 11) is 3.97. The highest BCUT2D eigenvalue weighted by Crippen LogP contribution is 1.90. The monoisotopic (exact) mass is 133 g/mol. The van der Waals surface area contributed by atoms with Crippen LogP contribution in [0.3, 0.4) is 0 Å². The molecule has 49 valence electrons. The van der Waals surface area contributed by atoms with Crippen molar-refractivity contribution in [3.05, 3.63) is 5.75 Å². The molecule has 0 aliphatic carbocycles. The summed E-state index contributed by atoms with van der Waals surface area (Å²) in [6.45, 7) is 0.865. The lowest BCUT2D eigenvalue weighted by atomic mass is 10.3. The van der Waals surface area contributed by atoms with E-state index in [-0.39, 0.29) is 6.04 Å². The van der Waals surface area contributed by atoms with Crippen LogP contribution < -0.4 is 5.73 Å². The van der Waals surface area contributed by atoms with Gasteiger partial charge in [-0.1, -0.05) is 0 Å². The molecule has 1 unspecified atom stereocenters. The molecule has 0 spiro atoms. The zero-order valence-corrected chi connectivity index (χ0v) is 6.23. The van der Waals surface area contributed by atoms with Gasteiger partial charge in [0.25, 0.3) is 0 Å². The van der Waals surface area contributed by atoms with Gasteiger partial charge in [0.2, 0.25) is 0 Å². The second kappa shape index (κ2) is 4.18. The molecule has 0 aliphatic heterocycles. The molecule has 0 bridgehead atoms. The largest absolute Gasteiger partial charge is 0.326 e. The SMILES string of the molecule is CN(C)CC(N)[CH]S. The minimum atomic E-state index is 0.0910. The number of hydrogen-bond acceptors (Lipinski definition) is 3. The van der Waals surface area contributed by atoms with Gasteiger partial charge in [-0.05, 0) is 14.1 Å². The molecule has 0 saturated carbocycles. The van der Waals surface area contributed by atoms with E-state index in [9.17, 15) is 0 Å². The molecular formula is C5H13N2S. The molecule has 3 heteroatoms. The zero-order valence-electron chi connectivity index (χ0n) is 5.33. The fourth-order valence-corrected chi connectivity index (χ4v) is 0.563. The molecular weight excluding hydrogens is 120 g/mol. The summed E-state index contributed by atoms with van der Waals surface area (Å²) in [6, 6.07) is 0.0910. The van der Waals surface area contributed by atoms with Crippen molar-refractivity contribution in [1.82, 2.24) is 4.90 Å². The normalized spacial score (nSPS) is 14.6. The van der Waals surface area contributed by atoms with Gasteiger partial charge in [0.1, 0.15) is 0 Å². The molecule has 0 aliphatic rings. The van der Waals surface area contributed by atoms with Crippen molar-refractivity contribution in [2.75, 3.05) is 20.6 Å². The molecule has 0 aromatic rings. The van der Waals surface area contributed by atoms with Crippen LogP contribution >= 0.6 is 12.6 Å². The summed E-state index contributed by atoms with van der Waals surface area (Å²) in [6.07, 6.45) is 0. The average molecular weight is 133 g/mol. The van der Waals surface area contributed by atoms with Crippen LogP contribution in [0, 0.1) is 5.75 Å². The van der Waals surface area contributed by atoms with E-state index in [1.165, 1.54) is 0 Å². The molecule has 8 heavy (non-hydrogen) atoms. The highest BCUT2D eigenvalue weighted by molar-refractivity contribution is 7.82. The number of rotatable bonds is 3. The summed E-state index contributed by atoms with van der Waals surface area (Å²) in [5.74, 6) is 1.69. The lowest BCUT2D eigenvalue weighted by Gasteiger charge is -2.13. The topological polar surface area (TPSA) is 29.3 Å². The molecule has 0 aromatic heterocycles. The average Bonchev–Trinajstić information content (AvgIpc) is 1.65. The van der Waals surface area contributed by atoms with Gasteiger partial charge in [0.15, 0.2) is 0 Å². The molecule has 0 rings (SSSR count). The zero-order chi connectivity index (χ0) is 6.57. The van der Waals surface area contributed by atoms with Crippen molar-refractivity contribution in [2.24, 2.45) is 5.73 Å². The number of thiol groups is 1. The highest BCUT2D eigenvalue weighted by atomic mass is 32.1. The number of likely N-dealkylation sites (N-methyl/N-ethyl adjacent to an activating group) is 1. The number of nitrogens with two attached hydrogens (primary N) is 1. The Morgan fingerprint density at radius 1 is 1.75 bits per heavy atom. The van der Waals surface area contributed by atoms with Gasteiger partial charge in [-0.25, -0.2) is 0 Å². The second-order valence-corrected chi connectivity index (χ2v) is 2.37. The van der Waals surface area contributed by atoms with Gasteiger partial charge in [-0.2, -0.15) is 12.6 Å². The first-order chi connectivity index (χ1) is 3.66. The van der Waals surface area contributed by atoms with Crippen LogP contribution in [0.5, 0.6) is 0 Å². The van der Waals surface area contributed by atoms with Gasteiger partial charge in [0, 0.05) is 18.3 Å². The Balaban J connectivity index is 3.10. The van der Waals surface area contributed by atoms with Crippen LogP contribution in [0.4, 0.5) is 0 Å². The van der Waals surface area contributed by atoms with Crippen molar-refractivity contribution in [3.63, 3.8) is 0 Å². The van der Waals surface area contributed by atoms with Crippen LogP contribution in [0.2, 0.25) is 0 Å². The van der Waals surface area contributed by atoms with Crippen LogP contribution in [-0.2, 0) is 0 Å². The Kier molecular flexibility index (Phi) is 4.32. The predicted molar refractivity (Wildman–Crippen MR) is 39.8 cm³/mol. The second-order valence-electron chi connectivity index (χ2n) is 2.08. The first-order valence-electron chi connectivity index (χ1n) is 2.54. The van der Waals surface area contributed by atoms with Crippen LogP contribution in [-0.4, -0.2) is 31.6 Å². The van der Waals surface area contributed by atoms with E-state index in [2.05, 4.69) is 12.6 Å². The van der Waals surface area contributed by atoms with Crippen LogP contribution in [0.1, 0.15) is 0 Å². The minimum Gasteiger partial charge on any atom is -0.326 e. The Morgan fingerprint density at radius 2 is 2.25 bits per heavy atom. The summed E-state index contributed by atoms with van der Waals surface area (Å²) in [5.41, 5.74) is 5.50. The third-order valence-electron chi connectivity index (χ3n) is 0.767. The van der Waals surface area contributed by atoms with Gasteiger partial charge in [-0.3, -0.25) is 0 Å². The molecule has 0 heterocycles. The van der Waals surface area contributed by atoms with Crippen molar-refractivity contribution < 1.29 is 0 Å². The quantitative estimate of drug-likeness (QED) is 0.529. The molecule has 1 atom stereocenters. The van der Waals surface area contributed by atoms with Crippen molar-refractivity contribution in [1.29, 1.82) is 0 Å². The summed E-state index contributed by atoms with van der Waals surface area (Å²) < 4.78 is 0. The van der Waals surface area contributed by atoms with E-state index < -0.39 is 0 Å². The number of nitrogens with zero attached hydrogens (tertiary/aromatic N) is 1. The molecule has 2 nitrogen and oxygen atoms in total. The Labute approximate surface area is 56.5 Å². The first-order valence-corrected chi connectivity index (χ1v) is 3.06. The Morgan fingerprint density at radius 3 is 2.38 bits per heavy atom. The van der Waals surface area contributed by atoms with Gasteiger partial charge in [-0.15, -0.1) is 0 Å². The number of hydrogen-bond donors (Lipinski definition) is 2. The first kappa shape index (κ1) is 8.27. The summed E-state index contributed by atoms with van der Waals surface area (Å²) in [4.78, 5) is 2.03. The molecule has 1 radical (unpaired) electrons. The van der Waals surface area contributed by atoms with Crippen molar-refractivity contribution in [2.45, 2.75) is 6.04 Å². The third kappa shape index (κ3) is 4.43. The van der Waals surface area contributed by atoms with Gasteiger partial charge in [0.05, 0.1) is 0 Å². The third-order valence-corrected chi connectivity index (χ3v) is 1.15. The lowest BCUT2D eigenvalue weighted by molar-refractivity contribution is 0.392. The van der Waals surface area contributed by atoms with Crippen LogP contribution in [0.25, 0.3) is 0 Å². The van der Waals surface area contributed by atoms with Gasteiger partial charge < -0.3 is 10.6 Å². The van der Waals surface area contributed by atoms with E-state index in [0.29, 0.717) is 0 Å². The molecule has 0 saturated heterocycles.